The lowest BCUT2D eigenvalue weighted by atomic mass is 10.3. The lowest BCUT2D eigenvalue weighted by Gasteiger charge is -2.19. The Morgan fingerprint density at radius 1 is 1.12 bits per heavy atom. The Balaban J connectivity index is 1.92. The highest BCUT2D eigenvalue weighted by molar-refractivity contribution is 8.00. The third-order valence-electron chi connectivity index (χ3n) is 4.98. The SMILES string of the molecule is COc1ccccc1-n1c(=O)c2sc(SC)nc2n(CC(=O)N(C)c2ccccc2)c1=O. The van der Waals surface area contributed by atoms with Crippen molar-refractivity contribution in [3.05, 3.63) is 75.4 Å². The molecule has 0 aliphatic carbocycles. The number of nitrogens with zero attached hydrogens (tertiary/aromatic N) is 4. The molecule has 0 N–H and O–H groups in total. The summed E-state index contributed by atoms with van der Waals surface area (Å²) in [7, 11) is 3.11. The summed E-state index contributed by atoms with van der Waals surface area (Å²) in [6.07, 6.45) is 1.84. The van der Waals surface area contributed by atoms with Gasteiger partial charge in [-0.25, -0.2) is 14.3 Å². The van der Waals surface area contributed by atoms with Gasteiger partial charge in [0.05, 0.1) is 12.8 Å². The average Bonchev–Trinajstić information content (AvgIpc) is 3.27. The van der Waals surface area contributed by atoms with Crippen LogP contribution < -0.4 is 20.9 Å². The molecular formula is C22H20N4O4S2. The number of benzene rings is 2. The molecule has 0 atom stereocenters. The second-order valence-electron chi connectivity index (χ2n) is 6.81. The number of para-hydroxylation sites is 3. The van der Waals surface area contributed by atoms with Gasteiger partial charge in [-0.1, -0.05) is 42.1 Å². The zero-order valence-electron chi connectivity index (χ0n) is 17.6. The number of likely N-dealkylation sites (N-methyl/N-ethyl adjacent to an activating group) is 1. The summed E-state index contributed by atoms with van der Waals surface area (Å²) in [5.74, 6) is 0.0588. The quantitative estimate of drug-likeness (QED) is 0.405. The number of hydrogen-bond donors (Lipinski definition) is 0. The lowest BCUT2D eigenvalue weighted by Crippen LogP contribution is -2.42. The maximum absolute atomic E-state index is 13.5. The zero-order valence-corrected chi connectivity index (χ0v) is 19.3. The van der Waals surface area contributed by atoms with E-state index >= 15 is 0 Å². The predicted octanol–water partition coefficient (Wildman–Crippen LogP) is 3.00. The fourth-order valence-corrected chi connectivity index (χ4v) is 4.80. The number of hydrogen-bond acceptors (Lipinski definition) is 7. The second kappa shape index (κ2) is 9.01. The number of methoxy groups -OCH3 is 1. The molecule has 0 radical (unpaired) electrons. The van der Waals surface area contributed by atoms with Gasteiger partial charge in [0.25, 0.3) is 5.56 Å². The molecular weight excluding hydrogens is 448 g/mol. The van der Waals surface area contributed by atoms with Crippen molar-refractivity contribution in [3.63, 3.8) is 0 Å². The minimum Gasteiger partial charge on any atom is -0.495 e. The summed E-state index contributed by atoms with van der Waals surface area (Å²) >= 11 is 2.57. The molecule has 4 aromatic rings. The van der Waals surface area contributed by atoms with Crippen molar-refractivity contribution in [1.82, 2.24) is 14.1 Å². The van der Waals surface area contributed by atoms with Crippen molar-refractivity contribution in [1.29, 1.82) is 0 Å². The Morgan fingerprint density at radius 2 is 1.81 bits per heavy atom. The van der Waals surface area contributed by atoms with Crippen LogP contribution in [0.25, 0.3) is 16.0 Å². The molecule has 4 rings (SSSR count). The van der Waals surface area contributed by atoms with Gasteiger partial charge in [-0.3, -0.25) is 14.2 Å². The first-order chi connectivity index (χ1) is 15.5. The highest BCUT2D eigenvalue weighted by Crippen LogP contribution is 2.26. The van der Waals surface area contributed by atoms with Crippen LogP contribution in [0.5, 0.6) is 5.75 Å². The van der Waals surface area contributed by atoms with Gasteiger partial charge in [-0.2, -0.15) is 0 Å². The van der Waals surface area contributed by atoms with E-state index in [9.17, 15) is 14.4 Å². The highest BCUT2D eigenvalue weighted by atomic mass is 32.2. The standard InChI is InChI=1S/C22H20N4O4S2/c1-24(14-9-5-4-6-10-14)17(27)13-25-19-18(32-21(23-19)31-3)20(28)26(22(25)29)15-11-7-8-12-16(15)30-2/h4-12H,13H2,1-3H3. The molecule has 0 saturated heterocycles. The van der Waals surface area contributed by atoms with Crippen LogP contribution in [0.2, 0.25) is 0 Å². The van der Waals surface area contributed by atoms with Gasteiger partial charge in [-0.05, 0) is 30.5 Å². The molecule has 1 amide bonds. The maximum Gasteiger partial charge on any atom is 0.337 e. The first-order valence-electron chi connectivity index (χ1n) is 9.61. The van der Waals surface area contributed by atoms with Crippen molar-refractivity contribution in [2.45, 2.75) is 10.9 Å². The van der Waals surface area contributed by atoms with Gasteiger partial charge in [-0.15, -0.1) is 11.3 Å². The van der Waals surface area contributed by atoms with Crippen LogP contribution in [0.4, 0.5) is 5.69 Å². The van der Waals surface area contributed by atoms with Crippen molar-refractivity contribution < 1.29 is 9.53 Å². The van der Waals surface area contributed by atoms with Gasteiger partial charge in [0.15, 0.2) is 9.99 Å². The number of aromatic nitrogens is 3. The smallest absolute Gasteiger partial charge is 0.337 e. The molecule has 0 aliphatic heterocycles. The number of ether oxygens (including phenoxy) is 1. The largest absolute Gasteiger partial charge is 0.495 e. The summed E-state index contributed by atoms with van der Waals surface area (Å²) in [5.41, 5.74) is 0.0639. The van der Waals surface area contributed by atoms with Crippen LogP contribution in [0, 0.1) is 0 Å². The molecule has 0 spiro atoms. The Hall–Kier alpha value is -3.37. The number of thiazole rings is 1. The van der Waals surface area contributed by atoms with Crippen LogP contribution in [-0.4, -0.2) is 40.4 Å². The molecule has 8 nitrogen and oxygen atoms in total. The molecule has 2 aromatic carbocycles. The average molecular weight is 469 g/mol. The van der Waals surface area contributed by atoms with Crippen LogP contribution in [0.15, 0.2) is 68.5 Å². The van der Waals surface area contributed by atoms with E-state index in [0.717, 1.165) is 4.57 Å². The van der Waals surface area contributed by atoms with E-state index in [1.165, 1.54) is 39.7 Å². The molecule has 0 fully saturated rings. The normalized spacial score (nSPS) is 11.0. The third kappa shape index (κ3) is 3.82. The number of carbonyl (C=O) groups excluding carboxylic acids is 1. The molecule has 0 unspecified atom stereocenters. The highest BCUT2D eigenvalue weighted by Gasteiger charge is 2.23. The first-order valence-corrected chi connectivity index (χ1v) is 11.7. The van der Waals surface area contributed by atoms with E-state index in [1.54, 1.807) is 43.4 Å². The fraction of sp³-hybridized carbons (Fsp3) is 0.182. The van der Waals surface area contributed by atoms with Gasteiger partial charge < -0.3 is 9.64 Å². The minimum absolute atomic E-state index is 0.204. The van der Waals surface area contributed by atoms with Crippen LogP contribution >= 0.6 is 23.1 Å². The molecule has 164 valence electrons. The summed E-state index contributed by atoms with van der Waals surface area (Å²) in [6.45, 7) is -0.270. The first kappa shape index (κ1) is 21.8. The van der Waals surface area contributed by atoms with Crippen molar-refractivity contribution >= 4 is 45.0 Å². The number of anilines is 1. The van der Waals surface area contributed by atoms with E-state index in [0.29, 0.717) is 26.2 Å². The van der Waals surface area contributed by atoms with Crippen molar-refractivity contribution in [2.75, 3.05) is 25.3 Å². The Labute approximate surface area is 191 Å². The van der Waals surface area contributed by atoms with E-state index in [4.69, 9.17) is 4.74 Å². The number of amides is 1. The number of carbonyl (C=O) groups is 1. The minimum atomic E-state index is -0.653. The summed E-state index contributed by atoms with van der Waals surface area (Å²) in [6, 6.07) is 15.9. The number of fused-ring (bicyclic) bond motifs is 1. The van der Waals surface area contributed by atoms with Crippen LogP contribution in [0.1, 0.15) is 0 Å². The molecule has 2 heterocycles. The molecule has 0 aliphatic rings. The zero-order chi connectivity index (χ0) is 22.8. The monoisotopic (exact) mass is 468 g/mol. The molecule has 0 bridgehead atoms. The van der Waals surface area contributed by atoms with E-state index in [2.05, 4.69) is 4.98 Å². The van der Waals surface area contributed by atoms with E-state index in [1.807, 2.05) is 24.5 Å². The Morgan fingerprint density at radius 3 is 2.50 bits per heavy atom. The second-order valence-corrected chi connectivity index (χ2v) is 8.86. The van der Waals surface area contributed by atoms with Gasteiger partial charge in [0.1, 0.15) is 17.0 Å². The third-order valence-corrected chi connectivity index (χ3v) is 6.99. The maximum atomic E-state index is 13.5. The number of thioether (sulfide) groups is 1. The Bertz CT molecular complexity index is 1410. The number of rotatable bonds is 6. The van der Waals surface area contributed by atoms with Gasteiger partial charge >= 0.3 is 5.69 Å². The molecule has 2 aromatic heterocycles. The van der Waals surface area contributed by atoms with Gasteiger partial charge in [0, 0.05) is 12.7 Å². The van der Waals surface area contributed by atoms with E-state index in [-0.39, 0.29) is 18.1 Å². The fourth-order valence-electron chi connectivity index (χ4n) is 3.31. The Kier molecular flexibility index (Phi) is 6.15. The van der Waals surface area contributed by atoms with Crippen LogP contribution in [0.3, 0.4) is 0 Å². The van der Waals surface area contributed by atoms with Crippen molar-refractivity contribution in [3.8, 4) is 11.4 Å². The summed E-state index contributed by atoms with van der Waals surface area (Å²) in [4.78, 5) is 45.8. The lowest BCUT2D eigenvalue weighted by molar-refractivity contribution is -0.118. The van der Waals surface area contributed by atoms with Crippen LogP contribution in [-0.2, 0) is 11.3 Å². The molecule has 0 saturated carbocycles. The topological polar surface area (TPSA) is 86.4 Å². The molecule has 10 heteroatoms. The summed E-state index contributed by atoms with van der Waals surface area (Å²) < 4.78 is 8.59. The molecule has 32 heavy (non-hydrogen) atoms. The van der Waals surface area contributed by atoms with Gasteiger partial charge in [0.2, 0.25) is 5.91 Å². The predicted molar refractivity (Wildman–Crippen MR) is 128 cm³/mol. The van der Waals surface area contributed by atoms with Crippen molar-refractivity contribution in [2.24, 2.45) is 0 Å². The van der Waals surface area contributed by atoms with E-state index < -0.39 is 11.2 Å². The summed E-state index contributed by atoms with van der Waals surface area (Å²) in [5, 5.41) is 0.